The molecule has 0 saturated carbocycles. The predicted octanol–water partition coefficient (Wildman–Crippen LogP) is 1.61. The summed E-state index contributed by atoms with van der Waals surface area (Å²) in [6.45, 7) is 5.26. The number of hydrogen-bond acceptors (Lipinski definition) is 4. The molecule has 1 N–H and O–H groups in total. The van der Waals surface area contributed by atoms with Gasteiger partial charge in [-0.3, -0.25) is 4.79 Å². The maximum absolute atomic E-state index is 12.5. The molecule has 0 aliphatic carbocycles. The third kappa shape index (κ3) is 6.09. The quantitative estimate of drug-likeness (QED) is 0.795. The van der Waals surface area contributed by atoms with Crippen molar-refractivity contribution in [3.63, 3.8) is 0 Å². The number of carbonyl (C=O) groups is 1. The number of nitrogens with one attached hydrogen (secondary N) is 1. The molecule has 25 heavy (non-hydrogen) atoms. The van der Waals surface area contributed by atoms with Gasteiger partial charge < -0.3 is 10.2 Å². The molecule has 0 unspecified atom stereocenters. The molecular weight excluding hydrogens is 338 g/mol. The lowest BCUT2D eigenvalue weighted by molar-refractivity contribution is -0.121. The lowest BCUT2D eigenvalue weighted by Crippen LogP contribution is -2.41. The van der Waals surface area contributed by atoms with E-state index in [1.807, 2.05) is 6.92 Å². The summed E-state index contributed by atoms with van der Waals surface area (Å²) < 4.78 is 26.0. The fourth-order valence-corrected chi connectivity index (χ4v) is 4.07. The van der Waals surface area contributed by atoms with E-state index >= 15 is 0 Å². The maximum Gasteiger partial charge on any atom is 0.243 e. The minimum atomic E-state index is -3.64. The van der Waals surface area contributed by atoms with E-state index < -0.39 is 10.0 Å². The number of carbonyl (C=O) groups excluding carboxylic acids is 1. The Hall–Kier alpha value is -1.44. The highest BCUT2D eigenvalue weighted by Crippen LogP contribution is 2.14. The van der Waals surface area contributed by atoms with Crippen molar-refractivity contribution >= 4 is 15.9 Å². The van der Waals surface area contributed by atoms with Crippen LogP contribution in [-0.2, 0) is 14.8 Å². The van der Waals surface area contributed by atoms with Crippen LogP contribution in [0.2, 0.25) is 0 Å². The molecule has 0 radical (unpaired) electrons. The highest BCUT2D eigenvalue weighted by atomic mass is 32.2. The van der Waals surface area contributed by atoms with Crippen molar-refractivity contribution < 1.29 is 13.2 Å². The number of nitrogens with zero attached hydrogens (tertiary/aromatic N) is 2. The average Bonchev–Trinajstić information content (AvgIpc) is 2.84. The fraction of sp³-hybridized carbons (Fsp3) is 0.611. The van der Waals surface area contributed by atoms with Gasteiger partial charge >= 0.3 is 0 Å². The number of rotatable bonds is 7. The average molecular weight is 368 g/mol. The summed E-state index contributed by atoms with van der Waals surface area (Å²) in [7, 11) is -2.20. The second kappa shape index (κ2) is 9.31. The van der Waals surface area contributed by atoms with Crippen molar-refractivity contribution in [2.24, 2.45) is 0 Å². The van der Waals surface area contributed by atoms with E-state index in [4.69, 9.17) is 0 Å². The van der Waals surface area contributed by atoms with E-state index in [9.17, 15) is 13.2 Å². The first-order valence-electron chi connectivity index (χ1n) is 8.91. The number of likely N-dealkylation sites (tertiary alicyclic amines) is 1. The molecule has 1 aromatic rings. The zero-order chi connectivity index (χ0) is 18.3. The smallest absolute Gasteiger partial charge is 0.243 e. The summed E-state index contributed by atoms with van der Waals surface area (Å²) in [6.07, 6.45) is 4.99. The van der Waals surface area contributed by atoms with E-state index in [1.54, 1.807) is 24.3 Å². The second-order valence-electron chi connectivity index (χ2n) is 6.68. The molecule has 1 fully saturated rings. The Morgan fingerprint density at radius 2 is 1.72 bits per heavy atom. The Morgan fingerprint density at radius 3 is 2.32 bits per heavy atom. The van der Waals surface area contributed by atoms with Gasteiger partial charge in [0.2, 0.25) is 15.9 Å². The molecule has 6 nitrogen and oxygen atoms in total. The largest absolute Gasteiger partial charge is 0.354 e. The van der Waals surface area contributed by atoms with Gasteiger partial charge in [0.25, 0.3) is 0 Å². The van der Waals surface area contributed by atoms with Gasteiger partial charge in [0.05, 0.1) is 11.4 Å². The Bertz CT molecular complexity index is 651. The molecule has 1 aromatic carbocycles. The summed E-state index contributed by atoms with van der Waals surface area (Å²) in [5.74, 6) is -0.270. The molecule has 7 heteroatoms. The molecule has 2 rings (SSSR count). The van der Waals surface area contributed by atoms with Crippen LogP contribution in [0.25, 0.3) is 0 Å². The number of aryl methyl sites for hydroxylation is 1. The van der Waals surface area contributed by atoms with Gasteiger partial charge in [-0.25, -0.2) is 8.42 Å². The Morgan fingerprint density at radius 1 is 1.12 bits per heavy atom. The number of benzene rings is 1. The number of hydrogen-bond donors (Lipinski definition) is 1. The van der Waals surface area contributed by atoms with Crippen LogP contribution < -0.4 is 5.32 Å². The van der Waals surface area contributed by atoms with Crippen LogP contribution in [0.3, 0.4) is 0 Å². The second-order valence-corrected chi connectivity index (χ2v) is 8.72. The Kier molecular flexibility index (Phi) is 7.40. The van der Waals surface area contributed by atoms with E-state index in [-0.39, 0.29) is 17.3 Å². The van der Waals surface area contributed by atoms with Crippen molar-refractivity contribution in [2.75, 3.05) is 39.8 Å². The van der Waals surface area contributed by atoms with Crippen LogP contribution >= 0.6 is 0 Å². The van der Waals surface area contributed by atoms with Crippen molar-refractivity contribution in [2.45, 2.75) is 37.5 Å². The minimum Gasteiger partial charge on any atom is -0.354 e. The van der Waals surface area contributed by atoms with Crippen LogP contribution in [0.15, 0.2) is 29.2 Å². The SMILES string of the molecule is Cc1ccc(S(=O)(=O)N(C)CC(=O)NCCN2CCCCCC2)cc1. The van der Waals surface area contributed by atoms with Crippen LogP contribution in [0.5, 0.6) is 0 Å². The van der Waals surface area contributed by atoms with Crippen molar-refractivity contribution in [1.29, 1.82) is 0 Å². The molecule has 1 amide bonds. The lowest BCUT2D eigenvalue weighted by atomic mass is 10.2. The Balaban J connectivity index is 1.79. The summed E-state index contributed by atoms with van der Waals surface area (Å²) >= 11 is 0. The molecule has 0 spiro atoms. The predicted molar refractivity (Wildman–Crippen MR) is 98.9 cm³/mol. The van der Waals surface area contributed by atoms with Crippen LogP contribution in [0.1, 0.15) is 31.2 Å². The molecule has 0 atom stereocenters. The van der Waals surface area contributed by atoms with Gasteiger partial charge in [-0.2, -0.15) is 4.31 Å². The van der Waals surface area contributed by atoms with E-state index in [0.29, 0.717) is 6.54 Å². The zero-order valence-electron chi connectivity index (χ0n) is 15.2. The summed E-state index contributed by atoms with van der Waals surface area (Å²) in [5, 5.41) is 2.83. The number of sulfonamides is 1. The first-order chi connectivity index (χ1) is 11.9. The maximum atomic E-state index is 12.5. The van der Waals surface area contributed by atoms with E-state index in [2.05, 4.69) is 10.2 Å². The van der Waals surface area contributed by atoms with Gasteiger partial charge in [0.15, 0.2) is 0 Å². The first-order valence-corrected chi connectivity index (χ1v) is 10.4. The topological polar surface area (TPSA) is 69.7 Å². The van der Waals surface area contributed by atoms with Gasteiger partial charge in [0, 0.05) is 20.1 Å². The van der Waals surface area contributed by atoms with Crippen LogP contribution in [0, 0.1) is 6.92 Å². The molecule has 1 aliphatic rings. The van der Waals surface area contributed by atoms with Crippen LogP contribution in [0.4, 0.5) is 0 Å². The monoisotopic (exact) mass is 367 g/mol. The van der Waals surface area contributed by atoms with Gasteiger partial charge in [-0.1, -0.05) is 30.5 Å². The highest BCUT2D eigenvalue weighted by Gasteiger charge is 2.22. The summed E-state index contributed by atoms with van der Waals surface area (Å²) in [4.78, 5) is 14.6. The standard InChI is InChI=1S/C18H29N3O3S/c1-16-7-9-17(10-8-16)25(23,24)20(2)15-18(22)19-11-14-21-12-5-3-4-6-13-21/h7-10H,3-6,11-15H2,1-2H3,(H,19,22). The van der Waals surface area contributed by atoms with E-state index in [0.717, 1.165) is 29.5 Å². The fourth-order valence-electron chi connectivity index (χ4n) is 2.95. The zero-order valence-corrected chi connectivity index (χ0v) is 16.0. The van der Waals surface area contributed by atoms with Crippen molar-refractivity contribution in [3.8, 4) is 0 Å². The lowest BCUT2D eigenvalue weighted by Gasteiger charge is -2.20. The third-order valence-corrected chi connectivity index (χ3v) is 6.36. The van der Waals surface area contributed by atoms with Gasteiger partial charge in [0.1, 0.15) is 0 Å². The van der Waals surface area contributed by atoms with Crippen molar-refractivity contribution in [3.05, 3.63) is 29.8 Å². The minimum absolute atomic E-state index is 0.170. The molecule has 0 aromatic heterocycles. The normalized spacial score (nSPS) is 16.6. The van der Waals surface area contributed by atoms with Gasteiger partial charge in [-0.05, 0) is 45.0 Å². The molecular formula is C18H29N3O3S. The molecule has 1 aliphatic heterocycles. The summed E-state index contributed by atoms with van der Waals surface area (Å²) in [6, 6.07) is 6.64. The summed E-state index contributed by atoms with van der Waals surface area (Å²) in [5.41, 5.74) is 0.993. The Labute approximate surface area is 151 Å². The third-order valence-electron chi connectivity index (χ3n) is 4.54. The first kappa shape index (κ1) is 19.9. The number of amides is 1. The molecule has 1 saturated heterocycles. The van der Waals surface area contributed by atoms with Crippen molar-refractivity contribution in [1.82, 2.24) is 14.5 Å². The van der Waals surface area contributed by atoms with Gasteiger partial charge in [-0.15, -0.1) is 0 Å². The molecule has 1 heterocycles. The van der Waals surface area contributed by atoms with Crippen LogP contribution in [-0.4, -0.2) is 63.3 Å². The molecule has 140 valence electrons. The van der Waals surface area contributed by atoms with E-state index in [1.165, 1.54) is 32.7 Å². The molecule has 0 bridgehead atoms. The number of likely N-dealkylation sites (N-methyl/N-ethyl adjacent to an activating group) is 1. The highest BCUT2D eigenvalue weighted by molar-refractivity contribution is 7.89.